The SMILES string of the molecule is CC(C)(C)OC(=O)N1C2C=C(c3ccc4ocnc4c3)CC1COC2. The molecule has 1 fully saturated rings. The van der Waals surface area contributed by atoms with Crippen molar-refractivity contribution < 1.29 is 18.7 Å². The molecule has 1 aromatic carbocycles. The van der Waals surface area contributed by atoms with Gasteiger partial charge in [-0.2, -0.15) is 0 Å². The van der Waals surface area contributed by atoms with Crippen molar-refractivity contribution in [1.82, 2.24) is 9.88 Å². The molecule has 0 spiro atoms. The molecule has 132 valence electrons. The minimum Gasteiger partial charge on any atom is -0.444 e. The Balaban J connectivity index is 1.63. The number of fused-ring (bicyclic) bond motifs is 3. The van der Waals surface area contributed by atoms with Gasteiger partial charge in [-0.25, -0.2) is 9.78 Å². The van der Waals surface area contributed by atoms with E-state index in [9.17, 15) is 4.79 Å². The van der Waals surface area contributed by atoms with Gasteiger partial charge >= 0.3 is 6.09 Å². The minimum atomic E-state index is -0.506. The van der Waals surface area contributed by atoms with Gasteiger partial charge < -0.3 is 13.9 Å². The summed E-state index contributed by atoms with van der Waals surface area (Å²) in [6, 6.07) is 5.89. The molecular formula is C19H22N2O4. The Bertz CT molecular complexity index is 833. The van der Waals surface area contributed by atoms with Crippen molar-refractivity contribution in [2.24, 2.45) is 0 Å². The van der Waals surface area contributed by atoms with Crippen LogP contribution in [0.3, 0.4) is 0 Å². The Labute approximate surface area is 146 Å². The number of carbonyl (C=O) groups is 1. The molecule has 2 atom stereocenters. The maximum Gasteiger partial charge on any atom is 0.411 e. The lowest BCUT2D eigenvalue weighted by Crippen LogP contribution is -2.57. The summed E-state index contributed by atoms with van der Waals surface area (Å²) in [6.45, 7) is 6.67. The zero-order valence-corrected chi connectivity index (χ0v) is 14.7. The number of benzene rings is 1. The van der Waals surface area contributed by atoms with Crippen molar-refractivity contribution in [2.45, 2.75) is 44.9 Å². The molecule has 2 aliphatic rings. The summed E-state index contributed by atoms with van der Waals surface area (Å²) in [5.41, 5.74) is 3.44. The highest BCUT2D eigenvalue weighted by atomic mass is 16.6. The summed E-state index contributed by atoms with van der Waals surface area (Å²) < 4.78 is 16.6. The van der Waals surface area contributed by atoms with Crippen molar-refractivity contribution in [3.05, 3.63) is 36.2 Å². The molecule has 2 bridgehead atoms. The van der Waals surface area contributed by atoms with Gasteiger partial charge in [-0.15, -0.1) is 0 Å². The molecule has 1 amide bonds. The fourth-order valence-corrected chi connectivity index (χ4v) is 3.47. The second-order valence-electron chi connectivity index (χ2n) is 7.58. The summed E-state index contributed by atoms with van der Waals surface area (Å²) >= 11 is 0. The van der Waals surface area contributed by atoms with E-state index in [0.717, 1.165) is 23.1 Å². The van der Waals surface area contributed by atoms with E-state index in [1.807, 2.05) is 43.9 Å². The van der Waals surface area contributed by atoms with Gasteiger partial charge in [-0.05, 0) is 50.5 Å². The van der Waals surface area contributed by atoms with Crippen LogP contribution in [0.25, 0.3) is 16.7 Å². The highest BCUT2D eigenvalue weighted by Crippen LogP contribution is 2.34. The molecule has 2 unspecified atom stereocenters. The lowest BCUT2D eigenvalue weighted by Gasteiger charge is -2.44. The lowest BCUT2D eigenvalue weighted by molar-refractivity contribution is -0.0510. The molecule has 3 heterocycles. The zero-order chi connectivity index (χ0) is 17.6. The van der Waals surface area contributed by atoms with Crippen LogP contribution < -0.4 is 0 Å². The predicted molar refractivity (Wildman–Crippen MR) is 93.1 cm³/mol. The third kappa shape index (κ3) is 3.14. The number of hydrogen-bond acceptors (Lipinski definition) is 5. The average molecular weight is 342 g/mol. The molecule has 1 saturated heterocycles. The van der Waals surface area contributed by atoms with E-state index in [2.05, 4.69) is 11.1 Å². The first-order chi connectivity index (χ1) is 11.9. The first-order valence-electron chi connectivity index (χ1n) is 8.54. The highest BCUT2D eigenvalue weighted by Gasteiger charge is 2.40. The Hall–Kier alpha value is -2.34. The predicted octanol–water partition coefficient (Wildman–Crippen LogP) is 3.62. The maximum absolute atomic E-state index is 12.6. The van der Waals surface area contributed by atoms with E-state index in [-0.39, 0.29) is 18.2 Å². The molecule has 25 heavy (non-hydrogen) atoms. The van der Waals surface area contributed by atoms with Crippen LogP contribution in [0.15, 0.2) is 35.1 Å². The lowest BCUT2D eigenvalue weighted by atomic mass is 9.90. The Morgan fingerprint density at radius 2 is 2.16 bits per heavy atom. The van der Waals surface area contributed by atoms with Crippen LogP contribution in [0, 0.1) is 0 Å². The summed E-state index contributed by atoms with van der Waals surface area (Å²) in [5.74, 6) is 0. The van der Waals surface area contributed by atoms with E-state index in [0.29, 0.717) is 13.2 Å². The van der Waals surface area contributed by atoms with Crippen LogP contribution >= 0.6 is 0 Å². The summed E-state index contributed by atoms with van der Waals surface area (Å²) in [4.78, 5) is 18.7. The zero-order valence-electron chi connectivity index (χ0n) is 14.7. The van der Waals surface area contributed by atoms with Gasteiger partial charge in [-0.1, -0.05) is 12.1 Å². The van der Waals surface area contributed by atoms with Crippen LogP contribution in [-0.2, 0) is 9.47 Å². The second-order valence-corrected chi connectivity index (χ2v) is 7.58. The third-order valence-electron chi connectivity index (χ3n) is 4.50. The topological polar surface area (TPSA) is 64.8 Å². The van der Waals surface area contributed by atoms with Crippen molar-refractivity contribution in [1.29, 1.82) is 0 Å². The standard InChI is InChI=1S/C19H22N2O4/c1-19(2,3)25-18(22)21-14-6-13(7-15(21)10-23-9-14)12-4-5-17-16(8-12)20-11-24-17/h4-6,8,11,14-15H,7,9-10H2,1-3H3. The van der Waals surface area contributed by atoms with Crippen molar-refractivity contribution in [3.8, 4) is 0 Å². The van der Waals surface area contributed by atoms with Crippen molar-refractivity contribution >= 4 is 22.8 Å². The number of hydrogen-bond donors (Lipinski definition) is 0. The molecule has 6 heteroatoms. The first kappa shape index (κ1) is 16.1. The van der Waals surface area contributed by atoms with Gasteiger partial charge in [0.15, 0.2) is 12.0 Å². The molecule has 0 N–H and O–H groups in total. The van der Waals surface area contributed by atoms with Gasteiger partial charge in [0.25, 0.3) is 0 Å². The smallest absolute Gasteiger partial charge is 0.411 e. The summed E-state index contributed by atoms with van der Waals surface area (Å²) in [7, 11) is 0. The number of carbonyl (C=O) groups excluding carboxylic acids is 1. The van der Waals surface area contributed by atoms with E-state index < -0.39 is 5.60 Å². The van der Waals surface area contributed by atoms with Crippen LogP contribution in [0.2, 0.25) is 0 Å². The van der Waals surface area contributed by atoms with Gasteiger partial charge in [-0.3, -0.25) is 4.90 Å². The quantitative estimate of drug-likeness (QED) is 0.792. The number of nitrogens with zero attached hydrogens (tertiary/aromatic N) is 2. The van der Waals surface area contributed by atoms with E-state index in [1.54, 1.807) is 0 Å². The van der Waals surface area contributed by atoms with Crippen molar-refractivity contribution in [3.63, 3.8) is 0 Å². The molecule has 0 aliphatic carbocycles. The van der Waals surface area contributed by atoms with Crippen LogP contribution in [0.5, 0.6) is 0 Å². The normalized spacial score (nSPS) is 23.5. The minimum absolute atomic E-state index is 0.0124. The van der Waals surface area contributed by atoms with Gasteiger partial charge in [0.05, 0.1) is 25.3 Å². The Kier molecular flexibility index (Phi) is 3.80. The molecular weight excluding hydrogens is 320 g/mol. The Morgan fingerprint density at radius 1 is 1.32 bits per heavy atom. The average Bonchev–Trinajstić information content (AvgIpc) is 2.99. The van der Waals surface area contributed by atoms with Gasteiger partial charge in [0.1, 0.15) is 11.1 Å². The number of rotatable bonds is 1. The van der Waals surface area contributed by atoms with Crippen molar-refractivity contribution in [2.75, 3.05) is 13.2 Å². The third-order valence-corrected chi connectivity index (χ3v) is 4.50. The number of amides is 1. The number of morpholine rings is 1. The number of oxazole rings is 1. The van der Waals surface area contributed by atoms with Gasteiger partial charge in [0, 0.05) is 0 Å². The van der Waals surface area contributed by atoms with E-state index in [4.69, 9.17) is 13.9 Å². The number of ether oxygens (including phenoxy) is 2. The molecule has 4 rings (SSSR count). The summed E-state index contributed by atoms with van der Waals surface area (Å²) in [5, 5.41) is 0. The molecule has 1 aromatic heterocycles. The highest BCUT2D eigenvalue weighted by molar-refractivity contribution is 5.81. The largest absolute Gasteiger partial charge is 0.444 e. The molecule has 0 radical (unpaired) electrons. The molecule has 2 aromatic rings. The molecule has 2 aliphatic heterocycles. The molecule has 6 nitrogen and oxygen atoms in total. The van der Waals surface area contributed by atoms with Gasteiger partial charge in [0.2, 0.25) is 0 Å². The van der Waals surface area contributed by atoms with Crippen LogP contribution in [0.4, 0.5) is 4.79 Å². The molecule has 0 saturated carbocycles. The monoisotopic (exact) mass is 342 g/mol. The summed E-state index contributed by atoms with van der Waals surface area (Å²) in [6.07, 6.45) is 4.03. The maximum atomic E-state index is 12.6. The number of aromatic nitrogens is 1. The Morgan fingerprint density at radius 3 is 2.92 bits per heavy atom. The first-order valence-corrected chi connectivity index (χ1v) is 8.54. The second kappa shape index (κ2) is 5.88. The van der Waals surface area contributed by atoms with E-state index in [1.165, 1.54) is 12.0 Å². The van der Waals surface area contributed by atoms with Crippen LogP contribution in [-0.4, -0.2) is 46.9 Å². The fraction of sp³-hybridized carbons (Fsp3) is 0.474. The van der Waals surface area contributed by atoms with Crippen LogP contribution in [0.1, 0.15) is 32.8 Å². The fourth-order valence-electron chi connectivity index (χ4n) is 3.47. The van der Waals surface area contributed by atoms with E-state index >= 15 is 0 Å².